The molecule has 0 aromatic carbocycles. The van der Waals surface area contributed by atoms with Crippen LogP contribution in [0.2, 0.25) is 0 Å². The SMILES string of the molecule is CCNC(=O)N1CCCCCN1. The van der Waals surface area contributed by atoms with Gasteiger partial charge in [0.15, 0.2) is 0 Å². The van der Waals surface area contributed by atoms with Crippen molar-refractivity contribution in [2.75, 3.05) is 19.6 Å². The molecule has 2 N–H and O–H groups in total. The summed E-state index contributed by atoms with van der Waals surface area (Å²) in [6.07, 6.45) is 3.48. The van der Waals surface area contributed by atoms with Gasteiger partial charge in [0, 0.05) is 19.6 Å². The van der Waals surface area contributed by atoms with Crippen LogP contribution in [0.4, 0.5) is 4.79 Å². The minimum atomic E-state index is -0.000556. The average molecular weight is 171 g/mol. The maximum Gasteiger partial charge on any atom is 0.331 e. The van der Waals surface area contributed by atoms with Crippen molar-refractivity contribution < 1.29 is 4.79 Å². The molecule has 0 aromatic rings. The minimum Gasteiger partial charge on any atom is -0.337 e. The monoisotopic (exact) mass is 171 g/mol. The van der Waals surface area contributed by atoms with Gasteiger partial charge >= 0.3 is 6.03 Å². The van der Waals surface area contributed by atoms with Gasteiger partial charge in [-0.05, 0) is 19.8 Å². The van der Waals surface area contributed by atoms with Gasteiger partial charge in [-0.15, -0.1) is 0 Å². The predicted molar refractivity (Wildman–Crippen MR) is 47.6 cm³/mol. The first-order valence-electron chi connectivity index (χ1n) is 4.63. The molecule has 0 unspecified atom stereocenters. The standard InChI is InChI=1S/C8H17N3O/c1-2-9-8(12)11-7-5-3-4-6-10-11/h10H,2-7H2,1H3,(H,9,12). The lowest BCUT2D eigenvalue weighted by Gasteiger charge is -2.20. The highest BCUT2D eigenvalue weighted by Crippen LogP contribution is 2.01. The Labute approximate surface area is 73.3 Å². The van der Waals surface area contributed by atoms with E-state index in [0.29, 0.717) is 6.54 Å². The van der Waals surface area contributed by atoms with E-state index >= 15 is 0 Å². The lowest BCUT2D eigenvalue weighted by Crippen LogP contribution is -2.47. The third-order valence-electron chi connectivity index (χ3n) is 1.93. The summed E-state index contributed by atoms with van der Waals surface area (Å²) in [5, 5.41) is 4.44. The number of hydrazine groups is 1. The van der Waals surface area contributed by atoms with Gasteiger partial charge in [0.1, 0.15) is 0 Å². The molecule has 12 heavy (non-hydrogen) atoms. The number of nitrogens with zero attached hydrogens (tertiary/aromatic N) is 1. The van der Waals surface area contributed by atoms with Crippen LogP contribution < -0.4 is 10.7 Å². The largest absolute Gasteiger partial charge is 0.337 e. The van der Waals surface area contributed by atoms with Crippen molar-refractivity contribution in [1.29, 1.82) is 0 Å². The van der Waals surface area contributed by atoms with Crippen molar-refractivity contribution in [2.45, 2.75) is 26.2 Å². The van der Waals surface area contributed by atoms with E-state index in [0.717, 1.165) is 25.9 Å². The van der Waals surface area contributed by atoms with Crippen LogP contribution in [-0.2, 0) is 0 Å². The number of hydrogen-bond acceptors (Lipinski definition) is 2. The van der Waals surface area contributed by atoms with Gasteiger partial charge in [-0.1, -0.05) is 6.42 Å². The quantitative estimate of drug-likeness (QED) is 0.610. The molecule has 1 rings (SSSR count). The molecule has 0 spiro atoms. The molecule has 4 heteroatoms. The molecule has 1 saturated heterocycles. The predicted octanol–water partition coefficient (Wildman–Crippen LogP) is 0.706. The number of nitrogens with one attached hydrogen (secondary N) is 2. The van der Waals surface area contributed by atoms with Crippen LogP contribution in [0.15, 0.2) is 0 Å². The molecular weight excluding hydrogens is 154 g/mol. The number of carbonyl (C=O) groups excluding carboxylic acids is 1. The Morgan fingerprint density at radius 3 is 3.08 bits per heavy atom. The molecule has 0 atom stereocenters. The third kappa shape index (κ3) is 2.70. The molecule has 1 heterocycles. The Balaban J connectivity index is 2.32. The lowest BCUT2D eigenvalue weighted by atomic mass is 10.2. The Kier molecular flexibility index (Phi) is 3.87. The first-order valence-corrected chi connectivity index (χ1v) is 4.63. The fourth-order valence-electron chi connectivity index (χ4n) is 1.28. The van der Waals surface area contributed by atoms with Gasteiger partial charge in [0.2, 0.25) is 0 Å². The van der Waals surface area contributed by atoms with E-state index in [-0.39, 0.29) is 6.03 Å². The fraction of sp³-hybridized carbons (Fsp3) is 0.875. The molecule has 2 amide bonds. The summed E-state index contributed by atoms with van der Waals surface area (Å²) in [6.45, 7) is 4.36. The van der Waals surface area contributed by atoms with Gasteiger partial charge in [-0.25, -0.2) is 10.2 Å². The zero-order chi connectivity index (χ0) is 8.81. The third-order valence-corrected chi connectivity index (χ3v) is 1.93. The van der Waals surface area contributed by atoms with Crippen molar-refractivity contribution in [3.8, 4) is 0 Å². The van der Waals surface area contributed by atoms with Gasteiger partial charge in [-0.2, -0.15) is 0 Å². The van der Waals surface area contributed by atoms with E-state index in [1.165, 1.54) is 6.42 Å². The average Bonchev–Trinajstić information content (AvgIpc) is 2.32. The molecule has 0 aromatic heterocycles. The number of urea groups is 1. The normalized spacial score (nSPS) is 18.6. The molecule has 0 saturated carbocycles. The number of hydrogen-bond donors (Lipinski definition) is 2. The van der Waals surface area contributed by atoms with Gasteiger partial charge in [0.05, 0.1) is 0 Å². The topological polar surface area (TPSA) is 44.4 Å². The second-order valence-corrected chi connectivity index (χ2v) is 2.96. The summed E-state index contributed by atoms with van der Waals surface area (Å²) in [6, 6.07) is -0.000556. The van der Waals surface area contributed by atoms with E-state index in [4.69, 9.17) is 0 Å². The zero-order valence-electron chi connectivity index (χ0n) is 7.60. The Bertz CT molecular complexity index is 141. The summed E-state index contributed by atoms with van der Waals surface area (Å²) in [7, 11) is 0. The van der Waals surface area contributed by atoms with E-state index in [2.05, 4.69) is 10.7 Å². The lowest BCUT2D eigenvalue weighted by molar-refractivity contribution is 0.176. The van der Waals surface area contributed by atoms with Crippen molar-refractivity contribution in [3.05, 3.63) is 0 Å². The highest BCUT2D eigenvalue weighted by Gasteiger charge is 2.13. The van der Waals surface area contributed by atoms with Crippen LogP contribution in [0.1, 0.15) is 26.2 Å². The maximum absolute atomic E-state index is 11.3. The highest BCUT2D eigenvalue weighted by molar-refractivity contribution is 5.73. The summed E-state index contributed by atoms with van der Waals surface area (Å²) >= 11 is 0. The number of carbonyl (C=O) groups is 1. The smallest absolute Gasteiger partial charge is 0.331 e. The molecule has 70 valence electrons. The van der Waals surface area contributed by atoms with E-state index in [1.54, 1.807) is 5.01 Å². The fourth-order valence-corrected chi connectivity index (χ4v) is 1.28. The number of amides is 2. The molecule has 1 aliphatic rings. The first-order chi connectivity index (χ1) is 5.84. The second kappa shape index (κ2) is 4.98. The number of rotatable bonds is 1. The summed E-state index contributed by atoms with van der Waals surface area (Å²) < 4.78 is 0. The maximum atomic E-state index is 11.3. The Hall–Kier alpha value is -0.770. The summed E-state index contributed by atoms with van der Waals surface area (Å²) in [4.78, 5) is 11.3. The van der Waals surface area contributed by atoms with Crippen LogP contribution in [-0.4, -0.2) is 30.7 Å². The van der Waals surface area contributed by atoms with Crippen LogP contribution in [0.25, 0.3) is 0 Å². The van der Waals surface area contributed by atoms with Crippen molar-refractivity contribution in [1.82, 2.24) is 15.8 Å². The molecule has 0 aliphatic carbocycles. The van der Waals surface area contributed by atoms with Crippen molar-refractivity contribution >= 4 is 6.03 Å². The van der Waals surface area contributed by atoms with Gasteiger partial charge < -0.3 is 5.32 Å². The van der Waals surface area contributed by atoms with Crippen LogP contribution in [0.3, 0.4) is 0 Å². The van der Waals surface area contributed by atoms with Gasteiger partial charge in [0.25, 0.3) is 0 Å². The molecule has 1 aliphatic heterocycles. The van der Waals surface area contributed by atoms with Crippen molar-refractivity contribution in [3.63, 3.8) is 0 Å². The van der Waals surface area contributed by atoms with Gasteiger partial charge in [-0.3, -0.25) is 5.01 Å². The molecular formula is C8H17N3O. The molecule has 0 bridgehead atoms. The van der Waals surface area contributed by atoms with E-state index in [1.807, 2.05) is 6.92 Å². The minimum absolute atomic E-state index is 0.000556. The first kappa shape index (κ1) is 9.32. The van der Waals surface area contributed by atoms with Crippen LogP contribution >= 0.6 is 0 Å². The van der Waals surface area contributed by atoms with E-state index in [9.17, 15) is 4.79 Å². The zero-order valence-corrected chi connectivity index (χ0v) is 7.60. The molecule has 4 nitrogen and oxygen atoms in total. The second-order valence-electron chi connectivity index (χ2n) is 2.96. The Morgan fingerprint density at radius 2 is 2.33 bits per heavy atom. The van der Waals surface area contributed by atoms with Crippen LogP contribution in [0.5, 0.6) is 0 Å². The summed E-state index contributed by atoms with van der Waals surface area (Å²) in [5.74, 6) is 0. The highest BCUT2D eigenvalue weighted by atomic mass is 16.2. The van der Waals surface area contributed by atoms with Crippen molar-refractivity contribution in [2.24, 2.45) is 0 Å². The summed E-state index contributed by atoms with van der Waals surface area (Å²) in [5.41, 5.74) is 3.09. The van der Waals surface area contributed by atoms with E-state index < -0.39 is 0 Å². The molecule has 1 fully saturated rings. The Morgan fingerprint density at radius 1 is 1.50 bits per heavy atom. The molecule has 0 radical (unpaired) electrons. The van der Waals surface area contributed by atoms with Crippen LogP contribution in [0, 0.1) is 0 Å².